The van der Waals surface area contributed by atoms with Gasteiger partial charge in [-0.05, 0) is 44.4 Å². The van der Waals surface area contributed by atoms with Crippen molar-refractivity contribution in [3.05, 3.63) is 29.8 Å². The van der Waals surface area contributed by atoms with Gasteiger partial charge >= 0.3 is 5.97 Å². The molecule has 0 bridgehead atoms. The predicted molar refractivity (Wildman–Crippen MR) is 95.6 cm³/mol. The standard InChI is InChI=1S/C18H25NO6S/c1-12(2)26(23,24)15-7-5-13(6-8-15)10-16(20)19-17(18(21)22)14-4-3-9-25-11-14/h5-8,12,14,17H,3-4,9-11H2,1-2H3,(H,19,20)(H,21,22). The van der Waals surface area contributed by atoms with Crippen molar-refractivity contribution in [1.29, 1.82) is 0 Å². The minimum absolute atomic E-state index is 0.0145. The second-order valence-electron chi connectivity index (χ2n) is 6.78. The van der Waals surface area contributed by atoms with E-state index in [1.807, 2.05) is 0 Å². The van der Waals surface area contributed by atoms with E-state index in [9.17, 15) is 23.1 Å². The van der Waals surface area contributed by atoms with E-state index in [0.29, 0.717) is 25.2 Å². The SMILES string of the molecule is CC(C)S(=O)(=O)c1ccc(CC(=O)NC(C(=O)O)C2CCCOC2)cc1. The van der Waals surface area contributed by atoms with E-state index in [1.54, 1.807) is 26.0 Å². The van der Waals surface area contributed by atoms with Gasteiger partial charge in [0, 0.05) is 12.5 Å². The van der Waals surface area contributed by atoms with E-state index in [4.69, 9.17) is 4.74 Å². The Kier molecular flexibility index (Phi) is 6.77. The van der Waals surface area contributed by atoms with Gasteiger partial charge in [0.15, 0.2) is 9.84 Å². The van der Waals surface area contributed by atoms with E-state index in [2.05, 4.69) is 5.32 Å². The van der Waals surface area contributed by atoms with E-state index >= 15 is 0 Å². The fourth-order valence-electron chi connectivity index (χ4n) is 2.89. The Balaban J connectivity index is 2.01. The third kappa shape index (κ3) is 5.04. The van der Waals surface area contributed by atoms with Gasteiger partial charge in [0.1, 0.15) is 6.04 Å². The number of hydrogen-bond acceptors (Lipinski definition) is 5. The summed E-state index contributed by atoms with van der Waals surface area (Å²) in [5.41, 5.74) is 0.620. The summed E-state index contributed by atoms with van der Waals surface area (Å²) in [7, 11) is -3.36. The second-order valence-corrected chi connectivity index (χ2v) is 9.28. The largest absolute Gasteiger partial charge is 0.480 e. The number of carbonyl (C=O) groups is 2. The van der Waals surface area contributed by atoms with Crippen LogP contribution in [0.4, 0.5) is 0 Å². The third-order valence-electron chi connectivity index (χ3n) is 4.49. The van der Waals surface area contributed by atoms with E-state index < -0.39 is 33.0 Å². The van der Waals surface area contributed by atoms with Gasteiger partial charge in [0.25, 0.3) is 0 Å². The minimum Gasteiger partial charge on any atom is -0.480 e. The van der Waals surface area contributed by atoms with Crippen molar-refractivity contribution < 1.29 is 27.9 Å². The molecule has 2 N–H and O–H groups in total. The number of rotatable bonds is 7. The number of sulfone groups is 1. The van der Waals surface area contributed by atoms with Crippen LogP contribution in [0, 0.1) is 5.92 Å². The Hall–Kier alpha value is -1.93. The van der Waals surface area contributed by atoms with Crippen LogP contribution in [0.2, 0.25) is 0 Å². The van der Waals surface area contributed by atoms with E-state index in [-0.39, 0.29) is 17.2 Å². The smallest absolute Gasteiger partial charge is 0.326 e. The van der Waals surface area contributed by atoms with Crippen LogP contribution in [0.5, 0.6) is 0 Å². The second kappa shape index (κ2) is 8.64. The molecule has 0 spiro atoms. The minimum atomic E-state index is -3.36. The van der Waals surface area contributed by atoms with Gasteiger partial charge in [-0.25, -0.2) is 13.2 Å². The zero-order chi connectivity index (χ0) is 19.3. The van der Waals surface area contributed by atoms with Crippen molar-refractivity contribution in [1.82, 2.24) is 5.32 Å². The molecule has 144 valence electrons. The van der Waals surface area contributed by atoms with Crippen LogP contribution in [0.3, 0.4) is 0 Å². The monoisotopic (exact) mass is 383 g/mol. The average Bonchev–Trinajstić information content (AvgIpc) is 2.60. The van der Waals surface area contributed by atoms with E-state index in [0.717, 1.165) is 6.42 Å². The molecule has 2 unspecified atom stereocenters. The fourth-order valence-corrected chi connectivity index (χ4v) is 3.95. The summed E-state index contributed by atoms with van der Waals surface area (Å²) < 4.78 is 29.5. The van der Waals surface area contributed by atoms with Crippen LogP contribution in [-0.4, -0.2) is 49.9 Å². The van der Waals surface area contributed by atoms with Gasteiger partial charge in [0.2, 0.25) is 5.91 Å². The molecular weight excluding hydrogens is 358 g/mol. The molecule has 0 aliphatic carbocycles. The maximum atomic E-state index is 12.2. The van der Waals surface area contributed by atoms with Crippen molar-refractivity contribution in [3.8, 4) is 0 Å². The molecule has 1 aromatic rings. The van der Waals surface area contributed by atoms with Crippen LogP contribution < -0.4 is 5.32 Å². The summed E-state index contributed by atoms with van der Waals surface area (Å²) in [4.78, 5) is 23.9. The molecule has 1 aliphatic rings. The molecule has 2 atom stereocenters. The number of carboxylic acids is 1. The molecule has 2 rings (SSSR count). The number of hydrogen-bond donors (Lipinski definition) is 2. The number of amides is 1. The first-order valence-corrected chi connectivity index (χ1v) is 10.2. The van der Waals surface area contributed by atoms with Crippen LogP contribution in [0.15, 0.2) is 29.2 Å². The number of aliphatic carboxylic acids is 1. The van der Waals surface area contributed by atoms with Gasteiger partial charge in [-0.2, -0.15) is 0 Å². The average molecular weight is 383 g/mol. The summed E-state index contributed by atoms with van der Waals surface area (Å²) in [5.74, 6) is -1.74. The molecule has 1 amide bonds. The van der Waals surface area contributed by atoms with Gasteiger partial charge in [-0.15, -0.1) is 0 Å². The van der Waals surface area contributed by atoms with Crippen LogP contribution in [-0.2, 0) is 30.6 Å². The Morgan fingerprint density at radius 2 is 1.92 bits per heavy atom. The van der Waals surface area contributed by atoms with Crippen molar-refractivity contribution in [2.75, 3.05) is 13.2 Å². The topological polar surface area (TPSA) is 110 Å². The van der Waals surface area contributed by atoms with Gasteiger partial charge in [0.05, 0.1) is 23.2 Å². The lowest BCUT2D eigenvalue weighted by Gasteiger charge is -2.28. The highest BCUT2D eigenvalue weighted by molar-refractivity contribution is 7.92. The zero-order valence-corrected chi connectivity index (χ0v) is 15.8. The predicted octanol–water partition coefficient (Wildman–Crippen LogP) is 1.41. The molecule has 8 heteroatoms. The summed E-state index contributed by atoms with van der Waals surface area (Å²) in [6, 6.07) is 5.12. The lowest BCUT2D eigenvalue weighted by atomic mass is 9.93. The molecule has 0 aromatic heterocycles. The lowest BCUT2D eigenvalue weighted by Crippen LogP contribution is -2.48. The van der Waals surface area contributed by atoms with Crippen molar-refractivity contribution in [3.63, 3.8) is 0 Å². The Labute approximate surface area is 153 Å². The van der Waals surface area contributed by atoms with E-state index in [1.165, 1.54) is 12.1 Å². The number of nitrogens with one attached hydrogen (secondary N) is 1. The van der Waals surface area contributed by atoms with Crippen molar-refractivity contribution in [2.45, 2.75) is 49.3 Å². The number of carboxylic acid groups (broad SMARTS) is 1. The van der Waals surface area contributed by atoms with Gasteiger partial charge in [-0.1, -0.05) is 12.1 Å². The normalized spacial score (nSPS) is 19.1. The van der Waals surface area contributed by atoms with Gasteiger partial charge in [-0.3, -0.25) is 4.79 Å². The highest BCUT2D eigenvalue weighted by Crippen LogP contribution is 2.19. The molecule has 1 aromatic carbocycles. The van der Waals surface area contributed by atoms with Crippen molar-refractivity contribution >= 4 is 21.7 Å². The quantitative estimate of drug-likeness (QED) is 0.737. The number of benzene rings is 1. The molecule has 1 heterocycles. The Bertz CT molecular complexity index is 735. The first kappa shape index (κ1) is 20.4. The summed E-state index contributed by atoms with van der Waals surface area (Å²) in [6.45, 7) is 4.15. The Morgan fingerprint density at radius 1 is 1.27 bits per heavy atom. The molecule has 1 fully saturated rings. The molecule has 0 saturated carbocycles. The first-order chi connectivity index (χ1) is 12.2. The summed E-state index contributed by atoms with van der Waals surface area (Å²) in [5, 5.41) is 11.4. The third-order valence-corrected chi connectivity index (χ3v) is 6.66. The van der Waals surface area contributed by atoms with Gasteiger partial charge < -0.3 is 15.2 Å². The molecule has 26 heavy (non-hydrogen) atoms. The molecule has 0 radical (unpaired) electrons. The highest BCUT2D eigenvalue weighted by atomic mass is 32.2. The fraction of sp³-hybridized carbons (Fsp3) is 0.556. The lowest BCUT2D eigenvalue weighted by molar-refractivity contribution is -0.145. The molecule has 7 nitrogen and oxygen atoms in total. The molecule has 1 saturated heterocycles. The summed E-state index contributed by atoms with van der Waals surface area (Å²) in [6.07, 6.45) is 1.45. The number of carbonyl (C=O) groups excluding carboxylic acids is 1. The van der Waals surface area contributed by atoms with Crippen molar-refractivity contribution in [2.24, 2.45) is 5.92 Å². The number of ether oxygens (including phenoxy) is 1. The van der Waals surface area contributed by atoms with Crippen LogP contribution in [0.1, 0.15) is 32.3 Å². The van der Waals surface area contributed by atoms with Crippen LogP contribution in [0.25, 0.3) is 0 Å². The molecule has 1 aliphatic heterocycles. The van der Waals surface area contributed by atoms with Crippen LogP contribution >= 0.6 is 0 Å². The zero-order valence-electron chi connectivity index (χ0n) is 15.0. The maximum absolute atomic E-state index is 12.2. The highest BCUT2D eigenvalue weighted by Gasteiger charge is 2.31. The molecular formula is C18H25NO6S. The summed E-state index contributed by atoms with van der Waals surface area (Å²) >= 11 is 0. The maximum Gasteiger partial charge on any atom is 0.326 e. The Morgan fingerprint density at radius 3 is 2.42 bits per heavy atom. The first-order valence-electron chi connectivity index (χ1n) is 8.64.